The highest BCUT2D eigenvalue weighted by Gasteiger charge is 2.30. The molecule has 0 amide bonds. The minimum absolute atomic E-state index is 0.186. The molecule has 2 aromatic carbocycles. The molecule has 0 saturated heterocycles. The lowest BCUT2D eigenvalue weighted by atomic mass is 10.1. The molecule has 0 atom stereocenters. The minimum Gasteiger partial charge on any atom is -0.435 e. The Morgan fingerprint density at radius 1 is 0.917 bits per heavy atom. The van der Waals surface area contributed by atoms with Crippen molar-refractivity contribution in [1.82, 2.24) is 9.97 Å². The molecule has 4 rings (SSSR count). The lowest BCUT2D eigenvalue weighted by Gasteiger charge is -2.05. The molecule has 3 nitrogen and oxygen atoms in total. The number of aromatic nitrogens is 2. The Morgan fingerprint density at radius 2 is 1.62 bits per heavy atom. The average molecular weight is 349 g/mol. The van der Waals surface area contributed by atoms with Gasteiger partial charge in [-0.2, -0.15) is 13.2 Å². The van der Waals surface area contributed by atoms with E-state index in [1.807, 2.05) is 18.2 Å². The maximum absolute atomic E-state index is 12.7. The fourth-order valence-corrected chi connectivity index (χ4v) is 2.71. The average Bonchev–Trinajstić information content (AvgIpc) is 3.00. The summed E-state index contributed by atoms with van der Waals surface area (Å²) < 4.78 is 43.7. The van der Waals surface area contributed by atoms with E-state index in [4.69, 9.17) is 16.0 Å². The second-order valence-electron chi connectivity index (χ2n) is 5.19. The number of nitrogens with zero attached hydrogens (tertiary/aromatic N) is 2. The van der Waals surface area contributed by atoms with E-state index in [0.29, 0.717) is 22.2 Å². The third-order valence-corrected chi connectivity index (χ3v) is 3.91. The Bertz CT molecular complexity index is 1060. The van der Waals surface area contributed by atoms with Crippen LogP contribution in [0.4, 0.5) is 13.2 Å². The summed E-state index contributed by atoms with van der Waals surface area (Å²) >= 11 is 6.14. The van der Waals surface area contributed by atoms with E-state index in [-0.39, 0.29) is 11.0 Å². The lowest BCUT2D eigenvalue weighted by Crippen LogP contribution is -2.03. The summed E-state index contributed by atoms with van der Waals surface area (Å²) in [5.74, 6) is 0.193. The number of fused-ring (bicyclic) bond motifs is 3. The van der Waals surface area contributed by atoms with E-state index in [2.05, 4.69) is 9.97 Å². The molecule has 2 heterocycles. The SMILES string of the molecule is FC(F)(F)c1ccc(-c2nc3c(Cl)nc4ccccc4c3o2)cc1. The van der Waals surface area contributed by atoms with Gasteiger partial charge >= 0.3 is 6.18 Å². The van der Waals surface area contributed by atoms with Crippen LogP contribution in [0, 0.1) is 0 Å². The van der Waals surface area contributed by atoms with Gasteiger partial charge in [0, 0.05) is 10.9 Å². The number of pyridine rings is 1. The number of halogens is 4. The van der Waals surface area contributed by atoms with Gasteiger partial charge in [-0.1, -0.05) is 23.7 Å². The van der Waals surface area contributed by atoms with Crippen LogP contribution in [-0.2, 0) is 6.18 Å². The van der Waals surface area contributed by atoms with Gasteiger partial charge in [-0.05, 0) is 36.4 Å². The molecule has 4 aromatic rings. The number of rotatable bonds is 1. The molecule has 0 fully saturated rings. The summed E-state index contributed by atoms with van der Waals surface area (Å²) in [7, 11) is 0. The molecule has 0 N–H and O–H groups in total. The van der Waals surface area contributed by atoms with Gasteiger partial charge in [-0.15, -0.1) is 0 Å². The third kappa shape index (κ3) is 2.39. The van der Waals surface area contributed by atoms with Crippen molar-refractivity contribution in [2.45, 2.75) is 6.18 Å². The molecule has 24 heavy (non-hydrogen) atoms. The number of benzene rings is 2. The van der Waals surface area contributed by atoms with E-state index < -0.39 is 11.7 Å². The predicted octanol–water partition coefficient (Wildman–Crippen LogP) is 5.72. The second-order valence-corrected chi connectivity index (χ2v) is 5.55. The molecule has 7 heteroatoms. The van der Waals surface area contributed by atoms with Gasteiger partial charge in [0.05, 0.1) is 11.1 Å². The van der Waals surface area contributed by atoms with Gasteiger partial charge in [0.25, 0.3) is 0 Å². The van der Waals surface area contributed by atoms with E-state index in [1.54, 1.807) is 6.07 Å². The zero-order chi connectivity index (χ0) is 16.9. The molecule has 0 radical (unpaired) electrons. The Labute approximate surface area is 138 Å². The molecular formula is C17H8ClF3N2O. The standard InChI is InChI=1S/C17H8ClF3N2O/c18-15-13-14(11-3-1-2-4-12(11)22-15)24-16(23-13)9-5-7-10(8-6-9)17(19,20)21/h1-8H. The second kappa shape index (κ2) is 5.21. The van der Waals surface area contributed by atoms with Gasteiger partial charge < -0.3 is 4.42 Å². The minimum atomic E-state index is -4.39. The van der Waals surface area contributed by atoms with E-state index in [1.165, 1.54) is 12.1 Å². The Morgan fingerprint density at radius 3 is 2.33 bits per heavy atom. The first kappa shape index (κ1) is 15.0. The summed E-state index contributed by atoms with van der Waals surface area (Å²) in [4.78, 5) is 8.53. The lowest BCUT2D eigenvalue weighted by molar-refractivity contribution is -0.137. The predicted molar refractivity (Wildman–Crippen MR) is 84.8 cm³/mol. The number of para-hydroxylation sites is 1. The van der Waals surface area contributed by atoms with Crippen molar-refractivity contribution < 1.29 is 17.6 Å². The van der Waals surface area contributed by atoms with Crippen LogP contribution in [-0.4, -0.2) is 9.97 Å². The summed E-state index contributed by atoms with van der Waals surface area (Å²) in [6, 6.07) is 11.9. The van der Waals surface area contributed by atoms with Crippen molar-refractivity contribution in [2.24, 2.45) is 0 Å². The van der Waals surface area contributed by atoms with Crippen LogP contribution in [0.1, 0.15) is 5.56 Å². The number of alkyl halides is 3. The number of hydrogen-bond acceptors (Lipinski definition) is 3. The summed E-state index contributed by atoms with van der Waals surface area (Å²) in [5.41, 5.74) is 1.20. The number of oxazole rings is 1. The summed E-state index contributed by atoms with van der Waals surface area (Å²) in [5, 5.41) is 0.924. The zero-order valence-electron chi connectivity index (χ0n) is 11.9. The molecule has 0 saturated carbocycles. The molecule has 120 valence electrons. The van der Waals surface area contributed by atoms with Crippen LogP contribution in [0.2, 0.25) is 5.15 Å². The molecular weight excluding hydrogens is 341 g/mol. The number of hydrogen-bond donors (Lipinski definition) is 0. The van der Waals surface area contributed by atoms with Gasteiger partial charge in [0.15, 0.2) is 10.7 Å². The maximum Gasteiger partial charge on any atom is 0.416 e. The van der Waals surface area contributed by atoms with Crippen molar-refractivity contribution in [3.8, 4) is 11.5 Å². The Balaban J connectivity index is 1.89. The maximum atomic E-state index is 12.7. The van der Waals surface area contributed by atoms with E-state index in [9.17, 15) is 13.2 Å². The molecule has 2 aromatic heterocycles. The smallest absolute Gasteiger partial charge is 0.416 e. The van der Waals surface area contributed by atoms with Crippen molar-refractivity contribution in [3.63, 3.8) is 0 Å². The fraction of sp³-hybridized carbons (Fsp3) is 0.0588. The molecule has 0 spiro atoms. The van der Waals surface area contributed by atoms with Gasteiger partial charge in [-0.25, -0.2) is 9.97 Å². The highest BCUT2D eigenvalue weighted by Crippen LogP contribution is 2.34. The normalized spacial score (nSPS) is 12.2. The van der Waals surface area contributed by atoms with Crippen molar-refractivity contribution >= 4 is 33.6 Å². The summed E-state index contributed by atoms with van der Waals surface area (Å²) in [6.07, 6.45) is -4.39. The van der Waals surface area contributed by atoms with Crippen LogP contribution in [0.25, 0.3) is 33.5 Å². The topological polar surface area (TPSA) is 38.9 Å². The Kier molecular flexibility index (Phi) is 3.25. The van der Waals surface area contributed by atoms with Gasteiger partial charge in [0.1, 0.15) is 5.52 Å². The fourth-order valence-electron chi connectivity index (χ4n) is 2.49. The van der Waals surface area contributed by atoms with Crippen LogP contribution >= 0.6 is 11.6 Å². The quantitative estimate of drug-likeness (QED) is 0.413. The molecule has 0 unspecified atom stereocenters. The Hall–Kier alpha value is -2.60. The zero-order valence-corrected chi connectivity index (χ0v) is 12.7. The molecule has 0 bridgehead atoms. The van der Waals surface area contributed by atoms with Crippen LogP contribution in [0.15, 0.2) is 52.9 Å². The van der Waals surface area contributed by atoms with Crippen LogP contribution < -0.4 is 0 Å². The van der Waals surface area contributed by atoms with Crippen molar-refractivity contribution in [1.29, 1.82) is 0 Å². The largest absolute Gasteiger partial charge is 0.435 e. The monoisotopic (exact) mass is 348 g/mol. The summed E-state index contributed by atoms with van der Waals surface area (Å²) in [6.45, 7) is 0. The van der Waals surface area contributed by atoms with Gasteiger partial charge in [-0.3, -0.25) is 0 Å². The molecule has 0 aliphatic heterocycles. The third-order valence-electron chi connectivity index (χ3n) is 3.65. The first-order chi connectivity index (χ1) is 11.4. The highest BCUT2D eigenvalue weighted by molar-refractivity contribution is 6.34. The van der Waals surface area contributed by atoms with Crippen LogP contribution in [0.3, 0.4) is 0 Å². The van der Waals surface area contributed by atoms with Crippen molar-refractivity contribution in [2.75, 3.05) is 0 Å². The first-order valence-corrected chi connectivity index (χ1v) is 7.34. The van der Waals surface area contributed by atoms with Gasteiger partial charge in [0.2, 0.25) is 5.89 Å². The van der Waals surface area contributed by atoms with Crippen LogP contribution in [0.5, 0.6) is 0 Å². The van der Waals surface area contributed by atoms with E-state index >= 15 is 0 Å². The van der Waals surface area contributed by atoms with E-state index in [0.717, 1.165) is 17.5 Å². The van der Waals surface area contributed by atoms with Crippen molar-refractivity contribution in [3.05, 3.63) is 59.2 Å². The first-order valence-electron chi connectivity index (χ1n) is 6.96. The molecule has 0 aliphatic carbocycles. The highest BCUT2D eigenvalue weighted by atomic mass is 35.5. The molecule has 0 aliphatic rings.